The predicted molar refractivity (Wildman–Crippen MR) is 93.7 cm³/mol. The predicted octanol–water partition coefficient (Wildman–Crippen LogP) is 2.96. The monoisotopic (exact) mass is 423 g/mol. The molecule has 2 aromatic heterocycles. The highest BCUT2D eigenvalue weighted by Gasteiger charge is 2.53. The van der Waals surface area contributed by atoms with Gasteiger partial charge in [-0.3, -0.25) is 0 Å². The number of aromatic nitrogens is 2. The van der Waals surface area contributed by atoms with Crippen LogP contribution in [0.25, 0.3) is 0 Å². The topological polar surface area (TPSA) is 132 Å². The van der Waals surface area contributed by atoms with Crippen molar-refractivity contribution in [1.82, 2.24) is 9.89 Å². The molecule has 9 heteroatoms. The molecule has 2 heterocycles. The van der Waals surface area contributed by atoms with Gasteiger partial charge in [-0.1, -0.05) is 0 Å². The zero-order chi connectivity index (χ0) is 18.6. The number of aromatic carboxylic acids is 2. The number of halogens is 1. The molecule has 1 atom stereocenters. The first-order chi connectivity index (χ1) is 12.3. The standard InChI is InChI=1S/C17H18BrN3O5/c18-11-6-21(19)20-14(11)17-3-1-8(2-4-17)5-10(17)9-7-26-13(16(24)25)12(9)15(22)23/h6-8,10H,1-5,19H2,(H,22,23)(H,24,25). The average Bonchev–Trinajstić information content (AvgIpc) is 3.19. The zero-order valence-corrected chi connectivity index (χ0v) is 15.4. The van der Waals surface area contributed by atoms with Crippen molar-refractivity contribution in [2.45, 2.75) is 43.4 Å². The number of carboxylic acid groups (broad SMARTS) is 2. The van der Waals surface area contributed by atoms with E-state index < -0.39 is 17.7 Å². The lowest BCUT2D eigenvalue weighted by atomic mass is 9.52. The number of furan rings is 1. The summed E-state index contributed by atoms with van der Waals surface area (Å²) in [4.78, 5) is 24.4. The smallest absolute Gasteiger partial charge is 0.372 e. The molecule has 0 spiro atoms. The van der Waals surface area contributed by atoms with Crippen molar-refractivity contribution in [2.24, 2.45) is 5.92 Å². The van der Waals surface area contributed by atoms with Crippen molar-refractivity contribution in [2.75, 3.05) is 5.84 Å². The summed E-state index contributed by atoms with van der Waals surface area (Å²) in [6, 6.07) is 0. The molecule has 1 unspecified atom stereocenters. The lowest BCUT2D eigenvalue weighted by molar-refractivity contribution is 0.0622. The van der Waals surface area contributed by atoms with Gasteiger partial charge in [0.25, 0.3) is 0 Å². The van der Waals surface area contributed by atoms with Gasteiger partial charge in [-0.15, -0.1) is 0 Å². The fourth-order valence-electron chi connectivity index (χ4n) is 4.87. The summed E-state index contributed by atoms with van der Waals surface area (Å²) in [5, 5.41) is 23.4. The van der Waals surface area contributed by atoms with E-state index in [1.54, 1.807) is 6.20 Å². The summed E-state index contributed by atoms with van der Waals surface area (Å²) >= 11 is 3.52. The maximum absolute atomic E-state index is 11.8. The van der Waals surface area contributed by atoms with Gasteiger partial charge in [-0.2, -0.15) is 9.89 Å². The second kappa shape index (κ2) is 5.87. The minimum atomic E-state index is -1.38. The molecule has 3 aliphatic rings. The van der Waals surface area contributed by atoms with E-state index in [9.17, 15) is 19.8 Å². The van der Waals surface area contributed by atoms with Crippen LogP contribution in [0.15, 0.2) is 21.3 Å². The van der Waals surface area contributed by atoms with Gasteiger partial charge in [0.1, 0.15) is 5.56 Å². The number of carbonyl (C=O) groups is 2. The van der Waals surface area contributed by atoms with Crippen LogP contribution in [-0.2, 0) is 5.41 Å². The molecule has 0 saturated heterocycles. The molecular formula is C17H18BrN3O5. The number of nitrogen functional groups attached to an aromatic ring is 1. The van der Waals surface area contributed by atoms with Crippen LogP contribution >= 0.6 is 15.9 Å². The zero-order valence-electron chi connectivity index (χ0n) is 13.8. The van der Waals surface area contributed by atoms with Gasteiger partial charge in [0, 0.05) is 11.0 Å². The molecule has 3 saturated carbocycles. The Labute approximate surface area is 157 Å². The van der Waals surface area contributed by atoms with Crippen LogP contribution in [0, 0.1) is 5.92 Å². The lowest BCUT2D eigenvalue weighted by Gasteiger charge is -2.51. The van der Waals surface area contributed by atoms with E-state index in [2.05, 4.69) is 21.0 Å². The van der Waals surface area contributed by atoms with E-state index in [4.69, 9.17) is 10.3 Å². The third-order valence-electron chi connectivity index (χ3n) is 6.00. The first-order valence-corrected chi connectivity index (χ1v) is 9.21. The van der Waals surface area contributed by atoms with Gasteiger partial charge in [0.2, 0.25) is 5.76 Å². The SMILES string of the molecule is Nn1cc(Br)c(C23CCC(CC2)CC3c2coc(C(=O)O)c2C(=O)O)n1. The molecule has 0 aromatic carbocycles. The fraction of sp³-hybridized carbons (Fsp3) is 0.471. The normalized spacial score (nSPS) is 27.6. The summed E-state index contributed by atoms with van der Waals surface area (Å²) in [5.74, 6) is 2.93. The number of nitrogens with zero attached hydrogens (tertiary/aromatic N) is 2. The van der Waals surface area contributed by atoms with Gasteiger partial charge in [0.15, 0.2) is 0 Å². The van der Waals surface area contributed by atoms with Crippen LogP contribution < -0.4 is 5.84 Å². The molecule has 2 bridgehead atoms. The molecule has 138 valence electrons. The Morgan fingerprint density at radius 2 is 2.00 bits per heavy atom. The molecule has 26 heavy (non-hydrogen) atoms. The molecule has 0 aliphatic heterocycles. The fourth-order valence-corrected chi connectivity index (χ4v) is 5.56. The number of fused-ring (bicyclic) bond motifs is 3. The summed E-state index contributed by atoms with van der Waals surface area (Å²) in [6.07, 6.45) is 7.53. The van der Waals surface area contributed by atoms with Crippen LogP contribution in [0.3, 0.4) is 0 Å². The largest absolute Gasteiger partial charge is 0.478 e. The highest BCUT2D eigenvalue weighted by molar-refractivity contribution is 9.10. The van der Waals surface area contributed by atoms with E-state index in [0.29, 0.717) is 11.5 Å². The Morgan fingerprint density at radius 1 is 1.31 bits per heavy atom. The lowest BCUT2D eigenvalue weighted by Crippen LogP contribution is -2.45. The van der Waals surface area contributed by atoms with Crippen molar-refractivity contribution in [3.05, 3.63) is 39.5 Å². The van der Waals surface area contributed by atoms with Gasteiger partial charge in [-0.25, -0.2) is 9.59 Å². The third kappa shape index (κ3) is 2.37. The van der Waals surface area contributed by atoms with Gasteiger partial charge >= 0.3 is 11.9 Å². The van der Waals surface area contributed by atoms with Crippen molar-refractivity contribution < 1.29 is 24.2 Å². The van der Waals surface area contributed by atoms with Crippen molar-refractivity contribution >= 4 is 27.9 Å². The number of nitrogens with two attached hydrogens (primary N) is 1. The molecule has 3 fully saturated rings. The van der Waals surface area contributed by atoms with E-state index in [-0.39, 0.29) is 16.9 Å². The summed E-state index contributed by atoms with van der Waals surface area (Å²) in [6.45, 7) is 0. The number of hydrogen-bond acceptors (Lipinski definition) is 5. The second-order valence-corrected chi connectivity index (χ2v) is 8.05. The van der Waals surface area contributed by atoms with E-state index in [1.165, 1.54) is 11.1 Å². The summed E-state index contributed by atoms with van der Waals surface area (Å²) in [5.41, 5.74) is 0.607. The quantitative estimate of drug-likeness (QED) is 0.643. The van der Waals surface area contributed by atoms with E-state index in [1.807, 2.05) is 0 Å². The van der Waals surface area contributed by atoms with Crippen LogP contribution in [-0.4, -0.2) is 32.0 Å². The molecule has 3 aliphatic carbocycles. The third-order valence-corrected chi connectivity index (χ3v) is 6.58. The molecule has 8 nitrogen and oxygen atoms in total. The molecule has 2 aromatic rings. The summed E-state index contributed by atoms with van der Waals surface area (Å²) in [7, 11) is 0. The van der Waals surface area contributed by atoms with E-state index in [0.717, 1.165) is 42.3 Å². The van der Waals surface area contributed by atoms with Crippen LogP contribution in [0.5, 0.6) is 0 Å². The van der Waals surface area contributed by atoms with Gasteiger partial charge < -0.3 is 20.5 Å². The van der Waals surface area contributed by atoms with E-state index >= 15 is 0 Å². The number of carboxylic acids is 2. The molecule has 0 radical (unpaired) electrons. The van der Waals surface area contributed by atoms with Gasteiger partial charge in [0.05, 0.1) is 22.6 Å². The van der Waals surface area contributed by atoms with Crippen molar-refractivity contribution in [1.29, 1.82) is 0 Å². The number of hydrogen-bond donors (Lipinski definition) is 3. The number of rotatable bonds is 4. The first kappa shape index (κ1) is 17.1. The Balaban J connectivity index is 1.89. The molecular weight excluding hydrogens is 406 g/mol. The Bertz CT molecular complexity index is 894. The van der Waals surface area contributed by atoms with Crippen molar-refractivity contribution in [3.63, 3.8) is 0 Å². The highest BCUT2D eigenvalue weighted by atomic mass is 79.9. The maximum atomic E-state index is 11.8. The van der Waals surface area contributed by atoms with Crippen LogP contribution in [0.1, 0.15) is 70.2 Å². The first-order valence-electron chi connectivity index (χ1n) is 8.42. The summed E-state index contributed by atoms with van der Waals surface area (Å²) < 4.78 is 5.93. The van der Waals surface area contributed by atoms with Crippen molar-refractivity contribution in [3.8, 4) is 0 Å². The van der Waals surface area contributed by atoms with Crippen LogP contribution in [0.2, 0.25) is 0 Å². The maximum Gasteiger partial charge on any atom is 0.372 e. The Morgan fingerprint density at radius 3 is 2.54 bits per heavy atom. The Hall–Kier alpha value is -2.29. The van der Waals surface area contributed by atoms with Crippen LogP contribution in [0.4, 0.5) is 0 Å². The second-order valence-electron chi connectivity index (χ2n) is 7.20. The molecule has 5 rings (SSSR count). The molecule has 0 amide bonds. The highest BCUT2D eigenvalue weighted by Crippen LogP contribution is 2.60. The average molecular weight is 424 g/mol. The molecule has 4 N–H and O–H groups in total. The minimum absolute atomic E-state index is 0.177. The Kier molecular flexibility index (Phi) is 3.87. The van der Waals surface area contributed by atoms with Gasteiger partial charge in [-0.05, 0) is 59.9 Å². The minimum Gasteiger partial charge on any atom is -0.478 e.